The fourth-order valence-electron chi connectivity index (χ4n) is 9.06. The van der Waals surface area contributed by atoms with E-state index in [0.29, 0.717) is 0 Å². The molecule has 2 aliphatic rings. The molecule has 0 bridgehead atoms. The molecule has 2 nitrogen and oxygen atoms in total. The summed E-state index contributed by atoms with van der Waals surface area (Å²) >= 11 is 0. The van der Waals surface area contributed by atoms with Crippen LogP contribution in [-0.2, 0) is 5.41 Å². The maximum absolute atomic E-state index is 5.13. The molecule has 1 spiro atoms. The summed E-state index contributed by atoms with van der Waals surface area (Å²) in [5.41, 5.74) is 18.4. The van der Waals surface area contributed by atoms with Crippen LogP contribution in [0.1, 0.15) is 43.2 Å². The molecular formula is C52H40N2. The van der Waals surface area contributed by atoms with E-state index in [1.54, 1.807) is 0 Å². The van der Waals surface area contributed by atoms with E-state index in [1.165, 1.54) is 82.2 Å². The molecule has 0 saturated heterocycles. The number of aromatic nitrogens is 2. The van der Waals surface area contributed by atoms with Gasteiger partial charge in [-0.05, 0) is 80.6 Å². The highest BCUT2D eigenvalue weighted by Crippen LogP contribution is 2.57. The van der Waals surface area contributed by atoms with E-state index in [-0.39, 0.29) is 5.41 Å². The summed E-state index contributed by atoms with van der Waals surface area (Å²) in [5.74, 6) is 0.719. The van der Waals surface area contributed by atoms with Crippen molar-refractivity contribution in [1.82, 2.24) is 9.97 Å². The smallest absolute Gasteiger partial charge is 0.160 e. The third-order valence-electron chi connectivity index (χ3n) is 11.7. The molecule has 1 heterocycles. The Morgan fingerprint density at radius 2 is 0.833 bits per heavy atom. The Bertz CT molecular complexity index is 2600. The number of benzene rings is 7. The van der Waals surface area contributed by atoms with Crippen LogP contribution in [-0.4, -0.2) is 9.97 Å². The van der Waals surface area contributed by atoms with Crippen molar-refractivity contribution >= 4 is 0 Å². The molecule has 7 aromatic carbocycles. The lowest BCUT2D eigenvalue weighted by Gasteiger charge is -2.36. The Morgan fingerprint density at radius 1 is 0.333 bits per heavy atom. The molecule has 2 aliphatic carbocycles. The first-order valence-corrected chi connectivity index (χ1v) is 19.3. The molecule has 8 aromatic rings. The Morgan fingerprint density at radius 3 is 1.57 bits per heavy atom. The van der Waals surface area contributed by atoms with Gasteiger partial charge in [-0.2, -0.15) is 0 Å². The third kappa shape index (κ3) is 5.67. The van der Waals surface area contributed by atoms with E-state index < -0.39 is 0 Å². The van der Waals surface area contributed by atoms with Crippen LogP contribution >= 0.6 is 0 Å². The normalized spacial score (nSPS) is 14.1. The van der Waals surface area contributed by atoms with Crippen LogP contribution in [0.15, 0.2) is 182 Å². The second-order valence-corrected chi connectivity index (χ2v) is 14.8. The molecule has 0 N–H and O–H groups in total. The second kappa shape index (κ2) is 13.5. The molecule has 54 heavy (non-hydrogen) atoms. The fourth-order valence-corrected chi connectivity index (χ4v) is 9.06. The van der Waals surface area contributed by atoms with Crippen molar-refractivity contribution in [3.63, 3.8) is 0 Å². The summed E-state index contributed by atoms with van der Waals surface area (Å²) < 4.78 is 0. The first-order valence-electron chi connectivity index (χ1n) is 19.3. The molecule has 0 amide bonds. The van der Waals surface area contributed by atoms with E-state index in [1.807, 2.05) is 18.2 Å². The van der Waals surface area contributed by atoms with Crippen LogP contribution in [0.25, 0.3) is 78.4 Å². The minimum Gasteiger partial charge on any atom is -0.228 e. The maximum Gasteiger partial charge on any atom is 0.160 e. The summed E-state index contributed by atoms with van der Waals surface area (Å²) in [7, 11) is 0. The van der Waals surface area contributed by atoms with Gasteiger partial charge >= 0.3 is 0 Å². The first kappa shape index (κ1) is 32.3. The van der Waals surface area contributed by atoms with Gasteiger partial charge in [-0.1, -0.05) is 189 Å². The number of rotatable bonds is 6. The Labute approximate surface area is 317 Å². The second-order valence-electron chi connectivity index (χ2n) is 14.8. The topological polar surface area (TPSA) is 25.8 Å². The Balaban J connectivity index is 1.00. The molecule has 1 fully saturated rings. The number of hydrogen-bond donors (Lipinski definition) is 0. The minimum atomic E-state index is 0.160. The van der Waals surface area contributed by atoms with Gasteiger partial charge in [0, 0.05) is 22.1 Å². The molecule has 258 valence electrons. The Hall–Kier alpha value is -6.38. The van der Waals surface area contributed by atoms with E-state index in [2.05, 4.69) is 164 Å². The average Bonchev–Trinajstić information content (AvgIpc) is 3.53. The van der Waals surface area contributed by atoms with Crippen molar-refractivity contribution in [3.8, 4) is 78.4 Å². The highest BCUT2D eigenvalue weighted by molar-refractivity contribution is 5.93. The predicted octanol–water partition coefficient (Wildman–Crippen LogP) is 13.7. The quantitative estimate of drug-likeness (QED) is 0.173. The van der Waals surface area contributed by atoms with Gasteiger partial charge in [-0.3, -0.25) is 0 Å². The molecule has 0 radical (unpaired) electrons. The van der Waals surface area contributed by atoms with Crippen molar-refractivity contribution in [1.29, 1.82) is 0 Å². The van der Waals surface area contributed by atoms with Crippen molar-refractivity contribution in [2.24, 2.45) is 0 Å². The van der Waals surface area contributed by atoms with Crippen LogP contribution in [0.5, 0.6) is 0 Å². The van der Waals surface area contributed by atoms with Crippen LogP contribution in [0.3, 0.4) is 0 Å². The number of nitrogens with zero attached hydrogens (tertiary/aromatic N) is 2. The zero-order valence-electron chi connectivity index (χ0n) is 30.3. The monoisotopic (exact) mass is 692 g/mol. The standard InChI is InChI=1S/C52H40N2/c1-4-14-36(15-5-1)37-26-30-40(31-27-37)48-35-49(54-51(53-48)41-16-6-2-7-17-41)43-19-12-18-42(34-43)38-24-28-39(29-25-38)44-21-13-23-47-50(44)45-20-8-9-22-46(45)52(47)32-10-3-11-33-52/h1-2,4-9,12-31,34-35H,3,10-11,32-33H2. The largest absolute Gasteiger partial charge is 0.228 e. The summed E-state index contributed by atoms with van der Waals surface area (Å²) in [6, 6.07) is 65.7. The molecule has 10 rings (SSSR count). The number of fused-ring (bicyclic) bond motifs is 5. The van der Waals surface area contributed by atoms with Crippen molar-refractivity contribution in [2.75, 3.05) is 0 Å². The van der Waals surface area contributed by atoms with Crippen molar-refractivity contribution in [3.05, 3.63) is 193 Å². The Kier molecular flexibility index (Phi) is 8.10. The molecule has 0 atom stereocenters. The summed E-state index contributed by atoms with van der Waals surface area (Å²) in [6.45, 7) is 0. The molecule has 0 unspecified atom stereocenters. The minimum absolute atomic E-state index is 0.160. The van der Waals surface area contributed by atoms with Crippen LogP contribution in [0.4, 0.5) is 0 Å². The van der Waals surface area contributed by atoms with Crippen molar-refractivity contribution < 1.29 is 0 Å². The van der Waals surface area contributed by atoms with Gasteiger partial charge in [0.1, 0.15) is 0 Å². The van der Waals surface area contributed by atoms with Gasteiger partial charge in [0.05, 0.1) is 11.4 Å². The molecule has 1 saturated carbocycles. The first-order chi connectivity index (χ1) is 26.7. The SMILES string of the molecule is c1ccc(-c2ccc(-c3cc(-c4cccc(-c5ccc(-c6cccc7c6-c6ccccc6C76CCCCC6)cc5)c4)nc(-c4ccccc4)n3)cc2)cc1. The highest BCUT2D eigenvalue weighted by Gasteiger charge is 2.44. The summed E-state index contributed by atoms with van der Waals surface area (Å²) in [6.07, 6.45) is 6.44. The molecule has 1 aromatic heterocycles. The van der Waals surface area contributed by atoms with Gasteiger partial charge in [-0.25, -0.2) is 9.97 Å². The molecular weight excluding hydrogens is 653 g/mol. The summed E-state index contributed by atoms with van der Waals surface area (Å²) in [5, 5.41) is 0. The van der Waals surface area contributed by atoms with Gasteiger partial charge in [0.15, 0.2) is 5.82 Å². The maximum atomic E-state index is 5.13. The van der Waals surface area contributed by atoms with Crippen molar-refractivity contribution in [2.45, 2.75) is 37.5 Å². The zero-order valence-corrected chi connectivity index (χ0v) is 30.3. The molecule has 2 heteroatoms. The van der Waals surface area contributed by atoms with E-state index in [9.17, 15) is 0 Å². The fraction of sp³-hybridized carbons (Fsp3) is 0.115. The van der Waals surface area contributed by atoms with Crippen LogP contribution in [0, 0.1) is 0 Å². The lowest BCUT2D eigenvalue weighted by atomic mass is 9.68. The summed E-state index contributed by atoms with van der Waals surface area (Å²) in [4.78, 5) is 10.2. The van der Waals surface area contributed by atoms with Crippen LogP contribution < -0.4 is 0 Å². The lowest BCUT2D eigenvalue weighted by Crippen LogP contribution is -2.27. The van der Waals surface area contributed by atoms with Crippen LogP contribution in [0.2, 0.25) is 0 Å². The van der Waals surface area contributed by atoms with Gasteiger partial charge in [0.25, 0.3) is 0 Å². The zero-order chi connectivity index (χ0) is 35.9. The highest BCUT2D eigenvalue weighted by atomic mass is 14.9. The van der Waals surface area contributed by atoms with Gasteiger partial charge in [0.2, 0.25) is 0 Å². The van der Waals surface area contributed by atoms with E-state index in [0.717, 1.165) is 39.5 Å². The van der Waals surface area contributed by atoms with E-state index >= 15 is 0 Å². The lowest BCUT2D eigenvalue weighted by molar-refractivity contribution is 0.353. The van der Waals surface area contributed by atoms with Gasteiger partial charge < -0.3 is 0 Å². The number of hydrogen-bond acceptors (Lipinski definition) is 2. The predicted molar refractivity (Wildman–Crippen MR) is 224 cm³/mol. The third-order valence-corrected chi connectivity index (χ3v) is 11.7. The van der Waals surface area contributed by atoms with E-state index in [4.69, 9.17) is 9.97 Å². The molecule has 0 aliphatic heterocycles. The van der Waals surface area contributed by atoms with Gasteiger partial charge in [-0.15, -0.1) is 0 Å². The average molecular weight is 693 g/mol.